The molecule has 1 atom stereocenters. The third-order valence-electron chi connectivity index (χ3n) is 4.09. The molecule has 1 heterocycles. The lowest BCUT2D eigenvalue weighted by Crippen LogP contribution is -2.40. The van der Waals surface area contributed by atoms with Gasteiger partial charge in [0.1, 0.15) is 5.82 Å². The van der Waals surface area contributed by atoms with Crippen LogP contribution in [-0.4, -0.2) is 47.6 Å². The molecule has 1 aliphatic heterocycles. The van der Waals surface area contributed by atoms with Gasteiger partial charge in [0.05, 0.1) is 15.7 Å². The zero-order valence-electron chi connectivity index (χ0n) is 13.6. The van der Waals surface area contributed by atoms with Gasteiger partial charge in [-0.1, -0.05) is 6.92 Å². The fourth-order valence-electron chi connectivity index (χ4n) is 2.60. The maximum atomic E-state index is 13.7. The molecule has 0 bridgehead atoms. The Hall–Kier alpha value is -1.47. The number of hydrogen-bond acceptors (Lipinski definition) is 3. The van der Waals surface area contributed by atoms with Gasteiger partial charge in [-0.05, 0) is 50.0 Å². The number of benzene rings is 1. The van der Waals surface area contributed by atoms with Crippen molar-refractivity contribution in [3.8, 4) is 0 Å². The Morgan fingerprint density at radius 2 is 2.09 bits per heavy atom. The van der Waals surface area contributed by atoms with E-state index >= 15 is 0 Å². The van der Waals surface area contributed by atoms with Crippen molar-refractivity contribution in [3.05, 3.63) is 24.0 Å². The molecule has 2 amide bonds. The molecule has 0 aliphatic carbocycles. The van der Waals surface area contributed by atoms with E-state index in [1.54, 1.807) is 6.07 Å². The van der Waals surface area contributed by atoms with Crippen molar-refractivity contribution in [1.29, 1.82) is 0 Å². The minimum Gasteiger partial charge on any atom is -0.337 e. The van der Waals surface area contributed by atoms with E-state index in [2.05, 4.69) is 22.5 Å². The molecule has 1 fully saturated rings. The van der Waals surface area contributed by atoms with Crippen molar-refractivity contribution in [2.75, 3.05) is 37.8 Å². The van der Waals surface area contributed by atoms with Crippen molar-refractivity contribution in [2.24, 2.45) is 5.92 Å². The first kappa shape index (κ1) is 17.9. The summed E-state index contributed by atoms with van der Waals surface area (Å²) in [5.74, 6) is 0.212. The number of carbonyl (C=O) groups excluding carboxylic acids is 1. The van der Waals surface area contributed by atoms with Crippen LogP contribution < -0.4 is 10.6 Å². The van der Waals surface area contributed by atoms with Gasteiger partial charge >= 0.3 is 6.03 Å². The molecule has 0 saturated carbocycles. The van der Waals surface area contributed by atoms with Crippen molar-refractivity contribution in [2.45, 2.75) is 24.7 Å². The van der Waals surface area contributed by atoms with Gasteiger partial charge in [-0.2, -0.15) is 0 Å². The first-order valence-electron chi connectivity index (χ1n) is 7.86. The zero-order valence-corrected chi connectivity index (χ0v) is 14.4. The Kier molecular flexibility index (Phi) is 6.53. The topological polar surface area (TPSA) is 61.4 Å². The van der Waals surface area contributed by atoms with E-state index in [0.29, 0.717) is 12.2 Å². The Morgan fingerprint density at radius 3 is 2.70 bits per heavy atom. The Morgan fingerprint density at radius 1 is 1.39 bits per heavy atom. The number of anilines is 1. The highest BCUT2D eigenvalue weighted by atomic mass is 32.2. The van der Waals surface area contributed by atoms with Crippen LogP contribution in [0.15, 0.2) is 23.1 Å². The molecule has 128 valence electrons. The summed E-state index contributed by atoms with van der Waals surface area (Å²) >= 11 is 0. The van der Waals surface area contributed by atoms with Gasteiger partial charge in [-0.25, -0.2) is 9.18 Å². The van der Waals surface area contributed by atoms with Crippen molar-refractivity contribution in [1.82, 2.24) is 10.2 Å². The van der Waals surface area contributed by atoms with Crippen LogP contribution in [0.1, 0.15) is 19.8 Å². The van der Waals surface area contributed by atoms with Crippen LogP contribution in [0.5, 0.6) is 0 Å². The van der Waals surface area contributed by atoms with Gasteiger partial charge in [-0.3, -0.25) is 4.21 Å². The standard InChI is InChI=1S/C16H24FN3O2S/c1-12-5-8-20(9-6-12)10-7-18-16(21)19-13-3-4-15(23(2)22)14(17)11-13/h3-4,11-12H,5-10H2,1-2H3,(H2,18,19,21)/t23-/m0/s1. The summed E-state index contributed by atoms with van der Waals surface area (Å²) in [5, 5.41) is 5.36. The van der Waals surface area contributed by atoms with Gasteiger partial charge in [0.25, 0.3) is 0 Å². The molecule has 1 saturated heterocycles. The van der Waals surface area contributed by atoms with Crippen molar-refractivity contribution < 1.29 is 13.4 Å². The highest BCUT2D eigenvalue weighted by molar-refractivity contribution is 7.84. The average Bonchev–Trinajstić information content (AvgIpc) is 2.49. The number of carbonyl (C=O) groups is 1. The summed E-state index contributed by atoms with van der Waals surface area (Å²) in [6, 6.07) is 3.80. The second-order valence-corrected chi connectivity index (χ2v) is 7.35. The molecule has 1 aromatic rings. The Bertz CT molecular complexity index is 574. The van der Waals surface area contributed by atoms with Gasteiger partial charge in [0.2, 0.25) is 0 Å². The first-order chi connectivity index (χ1) is 11.0. The van der Waals surface area contributed by atoms with Gasteiger partial charge < -0.3 is 15.5 Å². The van der Waals surface area contributed by atoms with Crippen LogP contribution >= 0.6 is 0 Å². The molecule has 0 unspecified atom stereocenters. The predicted molar refractivity (Wildman–Crippen MR) is 90.6 cm³/mol. The molecular formula is C16H24FN3O2S. The third kappa shape index (κ3) is 5.58. The largest absolute Gasteiger partial charge is 0.337 e. The van der Waals surface area contributed by atoms with E-state index in [-0.39, 0.29) is 10.9 Å². The number of rotatable bonds is 5. The SMILES string of the molecule is CC1CCN(CCNC(=O)Nc2ccc([S@](C)=O)c(F)c2)CC1. The van der Waals surface area contributed by atoms with E-state index in [9.17, 15) is 13.4 Å². The molecule has 7 heteroatoms. The highest BCUT2D eigenvalue weighted by Crippen LogP contribution is 2.17. The Balaban J connectivity index is 1.74. The lowest BCUT2D eigenvalue weighted by atomic mass is 9.99. The third-order valence-corrected chi connectivity index (χ3v) is 5.04. The molecule has 23 heavy (non-hydrogen) atoms. The van der Waals surface area contributed by atoms with E-state index < -0.39 is 16.6 Å². The monoisotopic (exact) mass is 341 g/mol. The zero-order chi connectivity index (χ0) is 16.8. The number of amides is 2. The van der Waals surface area contributed by atoms with E-state index in [4.69, 9.17) is 0 Å². The van der Waals surface area contributed by atoms with Gasteiger partial charge in [0, 0.05) is 25.0 Å². The van der Waals surface area contributed by atoms with E-state index in [1.165, 1.54) is 31.2 Å². The predicted octanol–water partition coefficient (Wildman–Crippen LogP) is 2.42. The van der Waals surface area contributed by atoms with Crippen LogP contribution in [-0.2, 0) is 10.8 Å². The molecular weight excluding hydrogens is 317 g/mol. The lowest BCUT2D eigenvalue weighted by molar-refractivity contribution is 0.192. The number of halogens is 1. The summed E-state index contributed by atoms with van der Waals surface area (Å²) in [6.45, 7) is 5.79. The van der Waals surface area contributed by atoms with Crippen LogP contribution in [0.3, 0.4) is 0 Å². The normalized spacial score (nSPS) is 17.7. The molecule has 2 N–H and O–H groups in total. The number of nitrogens with one attached hydrogen (secondary N) is 2. The second kappa shape index (κ2) is 8.40. The van der Waals surface area contributed by atoms with Crippen LogP contribution in [0.25, 0.3) is 0 Å². The molecule has 1 aliphatic rings. The quantitative estimate of drug-likeness (QED) is 0.865. The van der Waals surface area contributed by atoms with E-state index in [0.717, 1.165) is 25.6 Å². The van der Waals surface area contributed by atoms with Crippen LogP contribution in [0.2, 0.25) is 0 Å². The second-order valence-electron chi connectivity index (χ2n) is 6.00. The maximum Gasteiger partial charge on any atom is 0.319 e. The lowest BCUT2D eigenvalue weighted by Gasteiger charge is -2.30. The summed E-state index contributed by atoms with van der Waals surface area (Å²) in [4.78, 5) is 14.3. The van der Waals surface area contributed by atoms with Crippen molar-refractivity contribution in [3.63, 3.8) is 0 Å². The molecule has 0 radical (unpaired) electrons. The van der Waals surface area contributed by atoms with E-state index in [1.807, 2.05) is 0 Å². The number of likely N-dealkylation sites (tertiary alicyclic amines) is 1. The van der Waals surface area contributed by atoms with Crippen LogP contribution in [0.4, 0.5) is 14.9 Å². The summed E-state index contributed by atoms with van der Waals surface area (Å²) in [7, 11) is -1.38. The molecule has 1 aromatic carbocycles. The number of nitrogens with zero attached hydrogens (tertiary/aromatic N) is 1. The van der Waals surface area contributed by atoms with Gasteiger partial charge in [-0.15, -0.1) is 0 Å². The summed E-state index contributed by atoms with van der Waals surface area (Å²) in [6.07, 6.45) is 3.83. The number of urea groups is 1. The summed E-state index contributed by atoms with van der Waals surface area (Å²) < 4.78 is 25.0. The fraction of sp³-hybridized carbons (Fsp3) is 0.562. The smallest absolute Gasteiger partial charge is 0.319 e. The highest BCUT2D eigenvalue weighted by Gasteiger charge is 2.15. The number of hydrogen-bond donors (Lipinski definition) is 2. The molecule has 2 rings (SSSR count). The average molecular weight is 341 g/mol. The van der Waals surface area contributed by atoms with Gasteiger partial charge in [0.15, 0.2) is 0 Å². The maximum absolute atomic E-state index is 13.7. The molecule has 5 nitrogen and oxygen atoms in total. The molecule has 0 aromatic heterocycles. The fourth-order valence-corrected chi connectivity index (χ4v) is 3.19. The minimum absolute atomic E-state index is 0.135. The number of piperidine rings is 1. The summed E-state index contributed by atoms with van der Waals surface area (Å²) in [5.41, 5.74) is 0.348. The molecule has 0 spiro atoms. The van der Waals surface area contributed by atoms with Crippen molar-refractivity contribution >= 4 is 22.5 Å². The minimum atomic E-state index is -1.38. The Labute approximate surface area is 139 Å². The first-order valence-corrected chi connectivity index (χ1v) is 9.41. The van der Waals surface area contributed by atoms with Crippen LogP contribution in [0, 0.1) is 11.7 Å².